The molecule has 3 nitrogen and oxygen atoms in total. The Hall–Kier alpha value is -1.15. The maximum Gasteiger partial charge on any atom is 0.434 e. The zero-order valence-corrected chi connectivity index (χ0v) is 9.46. The van der Waals surface area contributed by atoms with Gasteiger partial charge < -0.3 is 0 Å². The summed E-state index contributed by atoms with van der Waals surface area (Å²) >= 11 is 0. The minimum Gasteiger partial charge on any atom is -0.219 e. The summed E-state index contributed by atoms with van der Waals surface area (Å²) in [7, 11) is -3.94. The Labute approximate surface area is 95.7 Å². The SMILES string of the molecule is CN(C(F)C(F)(F)F)S(=O)(=O)c1ccccc1. The zero-order valence-electron chi connectivity index (χ0n) is 8.65. The van der Waals surface area contributed by atoms with E-state index >= 15 is 0 Å². The molecular formula is C9H9F4NO2S. The van der Waals surface area contributed by atoms with Crippen molar-refractivity contribution in [2.45, 2.75) is 17.4 Å². The van der Waals surface area contributed by atoms with E-state index in [1.54, 1.807) is 0 Å². The second kappa shape index (κ2) is 4.61. The average molecular weight is 271 g/mol. The molecule has 0 aliphatic heterocycles. The van der Waals surface area contributed by atoms with Gasteiger partial charge in [0.05, 0.1) is 4.90 Å². The van der Waals surface area contributed by atoms with E-state index in [1.807, 2.05) is 0 Å². The van der Waals surface area contributed by atoms with Gasteiger partial charge in [0.15, 0.2) is 0 Å². The van der Waals surface area contributed by atoms with Crippen LogP contribution >= 0.6 is 0 Å². The zero-order chi connectivity index (χ0) is 13.3. The lowest BCUT2D eigenvalue weighted by atomic mass is 10.4. The topological polar surface area (TPSA) is 37.4 Å². The second-order valence-corrected chi connectivity index (χ2v) is 5.21. The number of alkyl halides is 4. The van der Waals surface area contributed by atoms with Gasteiger partial charge in [-0.3, -0.25) is 0 Å². The van der Waals surface area contributed by atoms with Crippen molar-refractivity contribution in [1.82, 2.24) is 4.31 Å². The van der Waals surface area contributed by atoms with Crippen LogP contribution in [0, 0.1) is 0 Å². The van der Waals surface area contributed by atoms with Crippen molar-refractivity contribution in [3.8, 4) is 0 Å². The number of nitrogens with zero attached hydrogens (tertiary/aromatic N) is 1. The van der Waals surface area contributed by atoms with Gasteiger partial charge in [-0.2, -0.15) is 17.5 Å². The van der Waals surface area contributed by atoms with Crippen LogP contribution in [0.3, 0.4) is 0 Å². The summed E-state index contributed by atoms with van der Waals surface area (Å²) in [6.45, 7) is 0. The van der Waals surface area contributed by atoms with Gasteiger partial charge in [0.1, 0.15) is 0 Å². The van der Waals surface area contributed by atoms with E-state index < -0.39 is 27.4 Å². The molecule has 17 heavy (non-hydrogen) atoms. The Kier molecular flexibility index (Phi) is 3.78. The molecule has 0 radical (unpaired) electrons. The molecule has 0 heterocycles. The number of sulfonamides is 1. The van der Waals surface area contributed by atoms with Crippen molar-refractivity contribution in [2.24, 2.45) is 0 Å². The van der Waals surface area contributed by atoms with E-state index in [0.717, 1.165) is 12.1 Å². The molecule has 1 atom stereocenters. The summed E-state index contributed by atoms with van der Waals surface area (Å²) in [4.78, 5) is -0.394. The van der Waals surface area contributed by atoms with Gasteiger partial charge in [-0.1, -0.05) is 18.2 Å². The molecule has 0 N–H and O–H groups in total. The van der Waals surface area contributed by atoms with Crippen molar-refractivity contribution >= 4 is 10.0 Å². The van der Waals surface area contributed by atoms with Crippen LogP contribution in [-0.2, 0) is 10.0 Å². The Balaban J connectivity index is 3.09. The third kappa shape index (κ3) is 2.95. The van der Waals surface area contributed by atoms with Crippen LogP contribution in [0.5, 0.6) is 0 Å². The van der Waals surface area contributed by atoms with Gasteiger partial charge in [-0.15, -0.1) is 0 Å². The fourth-order valence-electron chi connectivity index (χ4n) is 1.09. The summed E-state index contributed by atoms with van der Waals surface area (Å²) < 4.78 is 72.0. The van der Waals surface area contributed by atoms with E-state index in [2.05, 4.69) is 0 Å². The molecule has 1 unspecified atom stereocenters. The molecule has 1 aromatic carbocycles. The quantitative estimate of drug-likeness (QED) is 0.624. The largest absolute Gasteiger partial charge is 0.434 e. The molecule has 0 aromatic heterocycles. The summed E-state index contributed by atoms with van der Waals surface area (Å²) in [6, 6.07) is 6.35. The molecule has 96 valence electrons. The molecule has 0 aliphatic carbocycles. The molecule has 0 aliphatic rings. The lowest BCUT2D eigenvalue weighted by molar-refractivity contribution is -0.205. The van der Waals surface area contributed by atoms with E-state index in [9.17, 15) is 26.0 Å². The van der Waals surface area contributed by atoms with E-state index in [1.165, 1.54) is 18.2 Å². The van der Waals surface area contributed by atoms with Crippen LogP contribution in [0.1, 0.15) is 0 Å². The van der Waals surface area contributed by atoms with Gasteiger partial charge >= 0.3 is 6.18 Å². The van der Waals surface area contributed by atoms with Gasteiger partial charge in [-0.05, 0) is 12.1 Å². The summed E-state index contributed by atoms with van der Waals surface area (Å²) in [6.07, 6.45) is -8.82. The van der Waals surface area contributed by atoms with Crippen molar-refractivity contribution in [3.63, 3.8) is 0 Å². The Morgan fingerprint density at radius 2 is 1.65 bits per heavy atom. The Morgan fingerprint density at radius 3 is 2.06 bits per heavy atom. The first kappa shape index (κ1) is 13.9. The summed E-state index contributed by atoms with van der Waals surface area (Å²) in [5.74, 6) is 0. The van der Waals surface area contributed by atoms with Crippen LogP contribution in [-0.4, -0.2) is 32.2 Å². The smallest absolute Gasteiger partial charge is 0.219 e. The minimum atomic E-state index is -5.25. The normalized spacial score (nSPS) is 14.9. The molecule has 0 spiro atoms. The second-order valence-electron chi connectivity index (χ2n) is 3.21. The van der Waals surface area contributed by atoms with Gasteiger partial charge in [0.25, 0.3) is 6.30 Å². The molecule has 8 heteroatoms. The van der Waals surface area contributed by atoms with Crippen molar-refractivity contribution in [2.75, 3.05) is 7.05 Å². The molecule has 1 aromatic rings. The first-order valence-electron chi connectivity index (χ1n) is 4.41. The fraction of sp³-hybridized carbons (Fsp3) is 0.333. The lowest BCUT2D eigenvalue weighted by Gasteiger charge is -2.22. The van der Waals surface area contributed by atoms with Crippen LogP contribution in [0.4, 0.5) is 17.6 Å². The highest BCUT2D eigenvalue weighted by Crippen LogP contribution is 2.28. The summed E-state index contributed by atoms with van der Waals surface area (Å²) in [5.41, 5.74) is 0. The van der Waals surface area contributed by atoms with Crippen LogP contribution < -0.4 is 0 Å². The van der Waals surface area contributed by atoms with Crippen LogP contribution in [0.25, 0.3) is 0 Å². The fourth-order valence-corrected chi connectivity index (χ4v) is 2.28. The van der Waals surface area contributed by atoms with Gasteiger partial charge in [0.2, 0.25) is 10.0 Å². The number of hydrogen-bond acceptors (Lipinski definition) is 2. The van der Waals surface area contributed by atoms with E-state index in [-0.39, 0.29) is 4.31 Å². The van der Waals surface area contributed by atoms with Crippen LogP contribution in [0.2, 0.25) is 0 Å². The molecule has 0 saturated heterocycles. The molecule has 0 bridgehead atoms. The van der Waals surface area contributed by atoms with E-state index in [0.29, 0.717) is 7.05 Å². The molecule has 0 fully saturated rings. The van der Waals surface area contributed by atoms with Crippen molar-refractivity contribution < 1.29 is 26.0 Å². The number of benzene rings is 1. The van der Waals surface area contributed by atoms with Crippen molar-refractivity contribution in [3.05, 3.63) is 30.3 Å². The van der Waals surface area contributed by atoms with E-state index in [4.69, 9.17) is 0 Å². The van der Waals surface area contributed by atoms with Crippen molar-refractivity contribution in [1.29, 1.82) is 0 Å². The number of rotatable bonds is 3. The predicted molar refractivity (Wildman–Crippen MR) is 52.3 cm³/mol. The monoisotopic (exact) mass is 271 g/mol. The number of halogens is 4. The Morgan fingerprint density at radius 1 is 1.18 bits per heavy atom. The first-order chi connectivity index (χ1) is 7.67. The predicted octanol–water partition coefficient (Wildman–Crippen LogP) is 2.17. The molecule has 1 rings (SSSR count). The third-order valence-electron chi connectivity index (χ3n) is 2.01. The lowest BCUT2D eigenvalue weighted by Crippen LogP contribution is -2.43. The maximum absolute atomic E-state index is 12.9. The molecule has 0 saturated carbocycles. The average Bonchev–Trinajstić information content (AvgIpc) is 2.27. The van der Waals surface area contributed by atoms with Crippen LogP contribution in [0.15, 0.2) is 35.2 Å². The summed E-state index contributed by atoms with van der Waals surface area (Å²) in [5, 5.41) is 0. The molecular weight excluding hydrogens is 262 g/mol. The standard InChI is InChI=1S/C9H9F4NO2S/c1-14(8(10)9(11,12)13)17(15,16)7-5-3-2-4-6-7/h2-6,8H,1H3. The highest BCUT2D eigenvalue weighted by molar-refractivity contribution is 7.89. The minimum absolute atomic E-state index is 0.345. The third-order valence-corrected chi connectivity index (χ3v) is 3.82. The highest BCUT2D eigenvalue weighted by atomic mass is 32.2. The molecule has 0 amide bonds. The van der Waals surface area contributed by atoms with Gasteiger partial charge in [-0.25, -0.2) is 12.8 Å². The first-order valence-corrected chi connectivity index (χ1v) is 5.85. The Bertz CT molecular complexity index is 472. The highest BCUT2D eigenvalue weighted by Gasteiger charge is 2.47. The van der Waals surface area contributed by atoms with Gasteiger partial charge in [0, 0.05) is 7.05 Å². The maximum atomic E-state index is 12.9. The number of hydrogen-bond donors (Lipinski definition) is 0.